The molecule has 0 bridgehead atoms. The first kappa shape index (κ1) is 24.9. The molecule has 1 aliphatic heterocycles. The Morgan fingerprint density at radius 1 is 1.23 bits per heavy atom. The van der Waals surface area contributed by atoms with Crippen LogP contribution in [0, 0.1) is 0 Å². The summed E-state index contributed by atoms with van der Waals surface area (Å²) in [5.41, 5.74) is 4.46. The molecule has 7 nitrogen and oxygen atoms in total. The van der Waals surface area contributed by atoms with Crippen LogP contribution < -0.4 is 5.32 Å². The monoisotopic (exact) mass is 475 g/mol. The van der Waals surface area contributed by atoms with Gasteiger partial charge < -0.3 is 15.1 Å². The van der Waals surface area contributed by atoms with E-state index in [2.05, 4.69) is 52.5 Å². The summed E-state index contributed by atoms with van der Waals surface area (Å²) in [4.78, 5) is 29.4. The molecular weight excluding hydrogens is 438 g/mol. The minimum Gasteiger partial charge on any atom is -0.335 e. The van der Waals surface area contributed by atoms with Crippen LogP contribution in [0.3, 0.4) is 0 Å². The maximum Gasteiger partial charge on any atom is 0.246 e. The third-order valence-corrected chi connectivity index (χ3v) is 7.08. The first-order chi connectivity index (χ1) is 17.0. The maximum atomic E-state index is 12.7. The molecule has 1 saturated carbocycles. The third-order valence-electron chi connectivity index (χ3n) is 7.08. The van der Waals surface area contributed by atoms with E-state index in [4.69, 9.17) is 0 Å². The van der Waals surface area contributed by atoms with E-state index in [1.165, 1.54) is 18.4 Å². The van der Waals surface area contributed by atoms with Gasteiger partial charge in [0.1, 0.15) is 0 Å². The zero-order valence-corrected chi connectivity index (χ0v) is 21.1. The molecule has 1 atom stereocenters. The molecule has 1 aromatic heterocycles. The third kappa shape index (κ3) is 6.48. The SMILES string of the molecule is CCN(CC)C/C=C/C(=O)N1CC=C(c2ccc([C@H](C)C(=O)Nc3cc(C4CC4)[nH]n3)cc2)CC1. The van der Waals surface area contributed by atoms with Gasteiger partial charge in [0.2, 0.25) is 11.8 Å². The van der Waals surface area contributed by atoms with Crippen molar-refractivity contribution in [3.63, 3.8) is 0 Å². The van der Waals surface area contributed by atoms with Gasteiger partial charge >= 0.3 is 0 Å². The number of nitrogens with zero attached hydrogens (tertiary/aromatic N) is 3. The predicted octanol–water partition coefficient (Wildman–Crippen LogP) is 4.54. The zero-order chi connectivity index (χ0) is 24.8. The van der Waals surface area contributed by atoms with E-state index in [1.807, 2.05) is 36.1 Å². The molecule has 1 aromatic carbocycles. The summed E-state index contributed by atoms with van der Waals surface area (Å²) in [6.07, 6.45) is 9.01. The Labute approximate surface area is 208 Å². The minimum atomic E-state index is -0.276. The van der Waals surface area contributed by atoms with Crippen molar-refractivity contribution in [3.05, 3.63) is 65.4 Å². The Morgan fingerprint density at radius 3 is 2.60 bits per heavy atom. The molecule has 2 amide bonds. The van der Waals surface area contributed by atoms with E-state index in [0.717, 1.165) is 42.9 Å². The molecule has 2 aromatic rings. The lowest BCUT2D eigenvalue weighted by molar-refractivity contribution is -0.125. The fraction of sp³-hybridized carbons (Fsp3) is 0.464. The van der Waals surface area contributed by atoms with Crippen LogP contribution in [0.5, 0.6) is 0 Å². The Hall–Kier alpha value is -3.19. The van der Waals surface area contributed by atoms with Gasteiger partial charge in [0.05, 0.1) is 5.92 Å². The number of anilines is 1. The van der Waals surface area contributed by atoms with Gasteiger partial charge in [0, 0.05) is 43.4 Å². The number of hydrogen-bond acceptors (Lipinski definition) is 4. The van der Waals surface area contributed by atoms with Gasteiger partial charge in [-0.3, -0.25) is 14.7 Å². The van der Waals surface area contributed by atoms with Crippen molar-refractivity contribution in [1.29, 1.82) is 0 Å². The minimum absolute atomic E-state index is 0.0633. The van der Waals surface area contributed by atoms with Crippen molar-refractivity contribution in [2.75, 3.05) is 38.0 Å². The van der Waals surface area contributed by atoms with Gasteiger partial charge in [-0.15, -0.1) is 0 Å². The lowest BCUT2D eigenvalue weighted by Crippen LogP contribution is -2.33. The number of carbonyl (C=O) groups excluding carboxylic acids is 2. The molecule has 7 heteroatoms. The van der Waals surface area contributed by atoms with E-state index in [1.54, 1.807) is 6.08 Å². The van der Waals surface area contributed by atoms with Crippen LogP contribution in [0.25, 0.3) is 5.57 Å². The Morgan fingerprint density at radius 2 is 1.97 bits per heavy atom. The highest BCUT2D eigenvalue weighted by Gasteiger charge is 2.26. The molecule has 35 heavy (non-hydrogen) atoms. The summed E-state index contributed by atoms with van der Waals surface area (Å²) in [5, 5.41) is 10.2. The Balaban J connectivity index is 1.29. The number of aromatic amines is 1. The molecule has 0 unspecified atom stereocenters. The number of amides is 2. The number of nitrogens with one attached hydrogen (secondary N) is 2. The number of likely N-dealkylation sites (N-methyl/N-ethyl adjacent to an activating group) is 1. The van der Waals surface area contributed by atoms with Crippen molar-refractivity contribution < 1.29 is 9.59 Å². The number of carbonyl (C=O) groups is 2. The van der Waals surface area contributed by atoms with E-state index < -0.39 is 0 Å². The molecule has 2 heterocycles. The van der Waals surface area contributed by atoms with E-state index in [9.17, 15) is 9.59 Å². The molecular formula is C28H37N5O2. The number of H-pyrrole nitrogens is 1. The molecule has 1 aliphatic carbocycles. The summed E-state index contributed by atoms with van der Waals surface area (Å²) in [7, 11) is 0. The second-order valence-electron chi connectivity index (χ2n) is 9.47. The van der Waals surface area contributed by atoms with Gasteiger partial charge in [-0.2, -0.15) is 5.10 Å². The Bertz CT molecular complexity index is 1080. The zero-order valence-electron chi connectivity index (χ0n) is 21.1. The summed E-state index contributed by atoms with van der Waals surface area (Å²) in [6, 6.07) is 10.1. The lowest BCUT2D eigenvalue weighted by Gasteiger charge is -2.26. The highest BCUT2D eigenvalue weighted by atomic mass is 16.2. The van der Waals surface area contributed by atoms with Gasteiger partial charge in [0.15, 0.2) is 5.82 Å². The Kier molecular flexibility index (Phi) is 8.18. The van der Waals surface area contributed by atoms with Gasteiger partial charge in [-0.05, 0) is 56.0 Å². The summed E-state index contributed by atoms with van der Waals surface area (Å²) < 4.78 is 0. The van der Waals surface area contributed by atoms with Crippen molar-refractivity contribution in [2.45, 2.75) is 51.9 Å². The topological polar surface area (TPSA) is 81.3 Å². The van der Waals surface area contributed by atoms with Crippen LogP contribution in [0.2, 0.25) is 0 Å². The van der Waals surface area contributed by atoms with Crippen LogP contribution in [0.1, 0.15) is 68.7 Å². The van der Waals surface area contributed by atoms with Crippen LogP contribution in [0.4, 0.5) is 5.82 Å². The fourth-order valence-corrected chi connectivity index (χ4v) is 4.40. The molecule has 2 N–H and O–H groups in total. The van der Waals surface area contributed by atoms with Crippen LogP contribution in [-0.4, -0.2) is 64.5 Å². The van der Waals surface area contributed by atoms with Gasteiger partial charge in [-0.1, -0.05) is 50.3 Å². The van der Waals surface area contributed by atoms with E-state index in [-0.39, 0.29) is 17.7 Å². The average molecular weight is 476 g/mol. The van der Waals surface area contributed by atoms with Crippen molar-refractivity contribution in [3.8, 4) is 0 Å². The number of hydrogen-bond donors (Lipinski definition) is 2. The first-order valence-corrected chi connectivity index (χ1v) is 12.8. The standard InChI is InChI=1S/C28H37N5O2/c1-4-32(5-2)16-6-7-27(34)33-17-14-23(15-18-33)22-10-8-21(9-11-22)20(3)28(35)29-26-19-25(30-31-26)24-12-13-24/h6-11,14,19-20,24H,4-5,12-13,15-18H2,1-3H3,(H2,29,30,31,35)/b7-6+/t20-/m0/s1. The quantitative estimate of drug-likeness (QED) is 0.494. The summed E-state index contributed by atoms with van der Waals surface area (Å²) >= 11 is 0. The highest BCUT2D eigenvalue weighted by Crippen LogP contribution is 2.39. The van der Waals surface area contributed by atoms with Gasteiger partial charge in [-0.25, -0.2) is 0 Å². The molecule has 4 rings (SSSR count). The normalized spacial score (nSPS) is 17.0. The smallest absolute Gasteiger partial charge is 0.246 e. The molecule has 0 radical (unpaired) electrons. The van der Waals surface area contributed by atoms with Crippen molar-refractivity contribution >= 4 is 23.2 Å². The highest BCUT2D eigenvalue weighted by molar-refractivity contribution is 5.95. The lowest BCUT2D eigenvalue weighted by atomic mass is 9.94. The summed E-state index contributed by atoms with van der Waals surface area (Å²) in [5.74, 6) is 0.901. The summed E-state index contributed by atoms with van der Waals surface area (Å²) in [6.45, 7) is 10.3. The average Bonchev–Trinajstić information content (AvgIpc) is 3.65. The second-order valence-corrected chi connectivity index (χ2v) is 9.47. The van der Waals surface area contributed by atoms with Crippen LogP contribution in [-0.2, 0) is 9.59 Å². The maximum absolute atomic E-state index is 12.7. The predicted molar refractivity (Wildman–Crippen MR) is 140 cm³/mol. The van der Waals surface area contributed by atoms with E-state index >= 15 is 0 Å². The largest absolute Gasteiger partial charge is 0.335 e. The van der Waals surface area contributed by atoms with E-state index in [0.29, 0.717) is 24.8 Å². The molecule has 2 aliphatic rings. The fourth-order valence-electron chi connectivity index (χ4n) is 4.40. The first-order valence-electron chi connectivity index (χ1n) is 12.8. The van der Waals surface area contributed by atoms with Crippen molar-refractivity contribution in [1.82, 2.24) is 20.0 Å². The molecule has 0 spiro atoms. The number of rotatable bonds is 10. The number of benzene rings is 1. The molecule has 0 saturated heterocycles. The molecule has 1 fully saturated rings. The van der Waals surface area contributed by atoms with Crippen LogP contribution >= 0.6 is 0 Å². The van der Waals surface area contributed by atoms with Crippen molar-refractivity contribution in [2.24, 2.45) is 0 Å². The number of aromatic nitrogens is 2. The molecule has 186 valence electrons. The second kappa shape index (κ2) is 11.5. The van der Waals surface area contributed by atoms with Gasteiger partial charge in [0.25, 0.3) is 0 Å². The van der Waals surface area contributed by atoms with Crippen LogP contribution in [0.15, 0.2) is 48.6 Å².